The molecular formula is C24H31N3O. The number of aromatic nitrogens is 1. The zero-order valence-corrected chi connectivity index (χ0v) is 16.7. The van der Waals surface area contributed by atoms with Crippen LogP contribution in [0.3, 0.4) is 0 Å². The Kier molecular flexibility index (Phi) is 6.50. The standard InChI is InChI=1S/C24H31N3O/c28-24(7-4-19-8-13-25-14-9-19)22-6-5-20-10-15-27(16-11-21(20)17-22)18-23-3-1-2-12-26-23/h1-3,5-6,12,17,19,25H,4,7-11,13-16,18H2. The fourth-order valence-corrected chi connectivity index (χ4v) is 4.47. The van der Waals surface area contributed by atoms with E-state index in [4.69, 9.17) is 0 Å². The van der Waals surface area contributed by atoms with Crippen molar-refractivity contribution < 1.29 is 4.79 Å². The van der Waals surface area contributed by atoms with E-state index in [9.17, 15) is 4.79 Å². The topological polar surface area (TPSA) is 45.2 Å². The number of piperidine rings is 1. The summed E-state index contributed by atoms with van der Waals surface area (Å²) in [5, 5.41) is 3.40. The lowest BCUT2D eigenvalue weighted by Crippen LogP contribution is -2.28. The Morgan fingerprint density at radius 1 is 1.07 bits per heavy atom. The van der Waals surface area contributed by atoms with Crippen LogP contribution in [0.5, 0.6) is 0 Å². The molecule has 1 saturated heterocycles. The fraction of sp³-hybridized carbons (Fsp3) is 0.500. The van der Waals surface area contributed by atoms with Crippen molar-refractivity contribution in [2.24, 2.45) is 5.92 Å². The first-order chi connectivity index (χ1) is 13.8. The number of carbonyl (C=O) groups excluding carboxylic acids is 1. The normalized spacial score (nSPS) is 18.4. The first-order valence-electron chi connectivity index (χ1n) is 10.8. The van der Waals surface area contributed by atoms with Gasteiger partial charge in [0.25, 0.3) is 0 Å². The van der Waals surface area contributed by atoms with Crippen LogP contribution in [0.15, 0.2) is 42.6 Å². The van der Waals surface area contributed by atoms with Crippen molar-refractivity contribution >= 4 is 5.78 Å². The summed E-state index contributed by atoms with van der Waals surface area (Å²) in [7, 11) is 0. The molecule has 4 nitrogen and oxygen atoms in total. The quantitative estimate of drug-likeness (QED) is 0.781. The lowest BCUT2D eigenvalue weighted by atomic mass is 9.90. The largest absolute Gasteiger partial charge is 0.317 e. The van der Waals surface area contributed by atoms with Crippen molar-refractivity contribution in [1.29, 1.82) is 0 Å². The van der Waals surface area contributed by atoms with Gasteiger partial charge in [-0.25, -0.2) is 0 Å². The Morgan fingerprint density at radius 2 is 1.89 bits per heavy atom. The minimum Gasteiger partial charge on any atom is -0.317 e. The molecule has 28 heavy (non-hydrogen) atoms. The second kappa shape index (κ2) is 9.44. The summed E-state index contributed by atoms with van der Waals surface area (Å²) in [5.41, 5.74) is 4.79. The van der Waals surface area contributed by atoms with Crippen LogP contribution >= 0.6 is 0 Å². The number of benzene rings is 1. The Bertz CT molecular complexity index is 784. The van der Waals surface area contributed by atoms with Crippen LogP contribution < -0.4 is 5.32 Å². The van der Waals surface area contributed by atoms with Gasteiger partial charge in [0.05, 0.1) is 5.69 Å². The lowest BCUT2D eigenvalue weighted by Gasteiger charge is -2.22. The summed E-state index contributed by atoms with van der Waals surface area (Å²) < 4.78 is 0. The summed E-state index contributed by atoms with van der Waals surface area (Å²) in [6, 6.07) is 12.5. The number of Topliss-reactive ketones (excluding diaryl/α,β-unsaturated/α-hetero) is 1. The molecular weight excluding hydrogens is 346 g/mol. The Labute approximate surface area is 168 Å². The molecule has 0 saturated carbocycles. The number of rotatable bonds is 6. The van der Waals surface area contributed by atoms with Crippen molar-refractivity contribution in [2.45, 2.75) is 45.1 Å². The van der Waals surface area contributed by atoms with E-state index in [0.29, 0.717) is 18.1 Å². The van der Waals surface area contributed by atoms with E-state index in [-0.39, 0.29) is 0 Å². The molecule has 0 bridgehead atoms. The van der Waals surface area contributed by atoms with E-state index in [0.717, 1.165) is 63.2 Å². The van der Waals surface area contributed by atoms with Crippen molar-refractivity contribution in [3.05, 3.63) is 65.0 Å². The van der Waals surface area contributed by atoms with Gasteiger partial charge in [-0.15, -0.1) is 0 Å². The maximum Gasteiger partial charge on any atom is 0.162 e. The molecule has 2 aliphatic heterocycles. The Balaban J connectivity index is 1.34. The monoisotopic (exact) mass is 377 g/mol. The van der Waals surface area contributed by atoms with Gasteiger partial charge in [-0.1, -0.05) is 18.2 Å². The van der Waals surface area contributed by atoms with Gasteiger partial charge in [0.2, 0.25) is 0 Å². The van der Waals surface area contributed by atoms with Gasteiger partial charge < -0.3 is 5.32 Å². The van der Waals surface area contributed by atoms with E-state index >= 15 is 0 Å². The molecule has 0 radical (unpaired) electrons. The summed E-state index contributed by atoms with van der Waals surface area (Å²) in [6.45, 7) is 5.18. The molecule has 0 spiro atoms. The molecule has 2 aromatic rings. The first kappa shape index (κ1) is 19.3. The van der Waals surface area contributed by atoms with E-state index in [1.165, 1.54) is 24.0 Å². The molecule has 148 valence electrons. The number of nitrogens with zero attached hydrogens (tertiary/aromatic N) is 2. The van der Waals surface area contributed by atoms with Gasteiger partial charge >= 0.3 is 0 Å². The second-order valence-electron chi connectivity index (χ2n) is 8.24. The molecule has 0 unspecified atom stereocenters. The highest BCUT2D eigenvalue weighted by atomic mass is 16.1. The van der Waals surface area contributed by atoms with Crippen molar-refractivity contribution in [3.8, 4) is 0 Å². The third-order valence-electron chi connectivity index (χ3n) is 6.27. The first-order valence-corrected chi connectivity index (χ1v) is 10.8. The van der Waals surface area contributed by atoms with Crippen LogP contribution in [0.4, 0.5) is 0 Å². The molecule has 1 aromatic carbocycles. The lowest BCUT2D eigenvalue weighted by molar-refractivity contribution is 0.0970. The summed E-state index contributed by atoms with van der Waals surface area (Å²) >= 11 is 0. The minimum absolute atomic E-state index is 0.316. The Hall–Kier alpha value is -2.04. The number of carbonyl (C=O) groups is 1. The number of fused-ring (bicyclic) bond motifs is 1. The number of ketones is 1. The summed E-state index contributed by atoms with van der Waals surface area (Å²) in [6.07, 6.45) is 8.07. The number of hydrogen-bond donors (Lipinski definition) is 1. The fourth-order valence-electron chi connectivity index (χ4n) is 4.47. The van der Waals surface area contributed by atoms with Crippen molar-refractivity contribution in [2.75, 3.05) is 26.2 Å². The maximum atomic E-state index is 12.7. The van der Waals surface area contributed by atoms with Gasteiger partial charge in [0, 0.05) is 37.8 Å². The van der Waals surface area contributed by atoms with Crippen LogP contribution in [-0.4, -0.2) is 41.8 Å². The predicted octanol–water partition coefficient (Wildman–Crippen LogP) is 3.64. The van der Waals surface area contributed by atoms with Crippen LogP contribution in [0.2, 0.25) is 0 Å². The molecule has 4 heteroatoms. The third-order valence-corrected chi connectivity index (χ3v) is 6.27. The predicted molar refractivity (Wildman–Crippen MR) is 113 cm³/mol. The van der Waals surface area contributed by atoms with E-state index in [2.05, 4.69) is 45.5 Å². The molecule has 1 aromatic heterocycles. The zero-order chi connectivity index (χ0) is 19.2. The highest BCUT2D eigenvalue weighted by molar-refractivity contribution is 5.96. The average molecular weight is 378 g/mol. The second-order valence-corrected chi connectivity index (χ2v) is 8.24. The van der Waals surface area contributed by atoms with Crippen LogP contribution in [0.25, 0.3) is 0 Å². The van der Waals surface area contributed by atoms with Gasteiger partial charge in [0.15, 0.2) is 5.78 Å². The number of pyridine rings is 1. The highest BCUT2D eigenvalue weighted by Gasteiger charge is 2.18. The van der Waals surface area contributed by atoms with Crippen molar-refractivity contribution in [3.63, 3.8) is 0 Å². The zero-order valence-electron chi connectivity index (χ0n) is 16.7. The van der Waals surface area contributed by atoms with Crippen molar-refractivity contribution in [1.82, 2.24) is 15.2 Å². The Morgan fingerprint density at radius 3 is 2.68 bits per heavy atom. The SMILES string of the molecule is O=C(CCC1CCNCC1)c1ccc2c(c1)CCN(Cc1ccccn1)CC2. The van der Waals surface area contributed by atoms with Crippen LogP contribution in [0.1, 0.15) is 52.9 Å². The molecule has 2 aliphatic rings. The molecule has 4 rings (SSSR count). The third kappa shape index (κ3) is 5.06. The average Bonchev–Trinajstić information content (AvgIpc) is 2.95. The number of hydrogen-bond acceptors (Lipinski definition) is 4. The van der Waals surface area contributed by atoms with Crippen LogP contribution in [0, 0.1) is 5.92 Å². The molecule has 1 fully saturated rings. The number of nitrogens with one attached hydrogen (secondary N) is 1. The summed E-state index contributed by atoms with van der Waals surface area (Å²) in [5.74, 6) is 1.03. The van der Waals surface area contributed by atoms with Gasteiger partial charge in [-0.2, -0.15) is 0 Å². The highest BCUT2D eigenvalue weighted by Crippen LogP contribution is 2.22. The smallest absolute Gasteiger partial charge is 0.162 e. The van der Waals surface area contributed by atoms with E-state index in [1.807, 2.05) is 12.3 Å². The molecule has 0 aliphatic carbocycles. The molecule has 1 N–H and O–H groups in total. The van der Waals surface area contributed by atoms with Gasteiger partial charge in [-0.3, -0.25) is 14.7 Å². The molecule has 3 heterocycles. The van der Waals surface area contributed by atoms with E-state index in [1.54, 1.807) is 0 Å². The molecule has 0 atom stereocenters. The van der Waals surface area contributed by atoms with Gasteiger partial charge in [0.1, 0.15) is 0 Å². The summed E-state index contributed by atoms with van der Waals surface area (Å²) in [4.78, 5) is 19.7. The molecule has 0 amide bonds. The van der Waals surface area contributed by atoms with Crippen LogP contribution in [-0.2, 0) is 19.4 Å². The maximum absolute atomic E-state index is 12.7. The minimum atomic E-state index is 0.316. The van der Waals surface area contributed by atoms with Gasteiger partial charge in [-0.05, 0) is 80.4 Å². The van der Waals surface area contributed by atoms with E-state index < -0.39 is 0 Å².